The smallest absolute Gasteiger partial charge is 0.410 e. The van der Waals surface area contributed by atoms with Gasteiger partial charge >= 0.3 is 6.09 Å². The van der Waals surface area contributed by atoms with Gasteiger partial charge in [-0.25, -0.2) is 4.79 Å². The van der Waals surface area contributed by atoms with Gasteiger partial charge < -0.3 is 19.7 Å². The molecule has 6 nitrogen and oxygen atoms in total. The predicted molar refractivity (Wildman–Crippen MR) is 96.7 cm³/mol. The number of nitrogens with one attached hydrogen (secondary N) is 1. The number of amides is 2. The first-order valence-corrected chi connectivity index (χ1v) is 9.67. The minimum absolute atomic E-state index is 0.0102. The van der Waals surface area contributed by atoms with E-state index in [1.165, 1.54) is 0 Å². The summed E-state index contributed by atoms with van der Waals surface area (Å²) in [5.74, 6) is 0.327. The largest absolute Gasteiger partial charge is 0.444 e. The molecule has 2 rings (SSSR count). The Bertz CT molecular complexity index is 464. The van der Waals surface area contributed by atoms with Gasteiger partial charge in [-0.05, 0) is 57.8 Å². The molecule has 0 aromatic heterocycles. The molecular formula is C18H31ClN2O4. The highest BCUT2D eigenvalue weighted by atomic mass is 35.5. The van der Waals surface area contributed by atoms with E-state index in [1.807, 2.05) is 20.8 Å². The fraction of sp³-hybridized carbons (Fsp3) is 0.889. The van der Waals surface area contributed by atoms with E-state index < -0.39 is 5.60 Å². The van der Waals surface area contributed by atoms with Gasteiger partial charge in [-0.3, -0.25) is 4.79 Å². The molecule has 0 saturated carbocycles. The Balaban J connectivity index is 1.94. The highest BCUT2D eigenvalue weighted by Gasteiger charge is 2.42. The summed E-state index contributed by atoms with van der Waals surface area (Å²) >= 11 is 5.61. The lowest BCUT2D eigenvalue weighted by atomic mass is 9.66. The Kier molecular flexibility index (Phi) is 6.97. The first-order valence-electron chi connectivity index (χ1n) is 9.14. The average molecular weight is 375 g/mol. The molecule has 0 atom stereocenters. The van der Waals surface area contributed by atoms with E-state index in [4.69, 9.17) is 21.1 Å². The Morgan fingerprint density at radius 2 is 1.84 bits per heavy atom. The van der Waals surface area contributed by atoms with Gasteiger partial charge in [0.25, 0.3) is 0 Å². The van der Waals surface area contributed by atoms with E-state index in [2.05, 4.69) is 5.32 Å². The molecule has 2 aliphatic heterocycles. The molecule has 2 saturated heterocycles. The van der Waals surface area contributed by atoms with Crippen molar-refractivity contribution in [3.05, 3.63) is 0 Å². The number of nitrogens with zero attached hydrogens (tertiary/aromatic N) is 1. The van der Waals surface area contributed by atoms with Crippen LogP contribution in [-0.4, -0.2) is 61.2 Å². The van der Waals surface area contributed by atoms with E-state index in [-0.39, 0.29) is 23.3 Å². The fourth-order valence-corrected chi connectivity index (χ4v) is 3.92. The molecule has 0 spiro atoms. The third kappa shape index (κ3) is 5.74. The summed E-state index contributed by atoms with van der Waals surface area (Å²) in [4.78, 5) is 25.7. The number of halogens is 1. The zero-order valence-corrected chi connectivity index (χ0v) is 16.4. The molecule has 0 aromatic rings. The molecule has 25 heavy (non-hydrogen) atoms. The van der Waals surface area contributed by atoms with Gasteiger partial charge in [-0.2, -0.15) is 0 Å². The third-order valence-corrected chi connectivity index (χ3v) is 5.50. The highest BCUT2D eigenvalue weighted by Crippen LogP contribution is 2.43. The average Bonchev–Trinajstić information content (AvgIpc) is 2.59. The van der Waals surface area contributed by atoms with Crippen LogP contribution in [0.1, 0.15) is 46.5 Å². The summed E-state index contributed by atoms with van der Waals surface area (Å²) in [6, 6.07) is 0. The van der Waals surface area contributed by atoms with Crippen molar-refractivity contribution in [2.24, 2.45) is 11.3 Å². The maximum atomic E-state index is 12.2. The molecule has 2 aliphatic rings. The summed E-state index contributed by atoms with van der Waals surface area (Å²) in [5.41, 5.74) is -0.429. The molecule has 0 unspecified atom stereocenters. The lowest BCUT2D eigenvalue weighted by Crippen LogP contribution is -2.51. The Morgan fingerprint density at radius 3 is 2.36 bits per heavy atom. The second-order valence-corrected chi connectivity index (χ2v) is 8.39. The number of ether oxygens (including phenoxy) is 2. The van der Waals surface area contributed by atoms with Crippen LogP contribution in [0.15, 0.2) is 0 Å². The third-order valence-electron chi connectivity index (χ3n) is 5.26. The first-order chi connectivity index (χ1) is 11.8. The molecule has 144 valence electrons. The first kappa shape index (κ1) is 20.3. The molecule has 2 fully saturated rings. The molecule has 1 N–H and O–H groups in total. The SMILES string of the molecule is CC(C)(C)OC(=O)N1CCC(C2(CNC(=O)CCl)CCOCC2)CC1. The Hall–Kier alpha value is -1.01. The fourth-order valence-electron chi connectivity index (χ4n) is 3.83. The van der Waals surface area contributed by atoms with E-state index >= 15 is 0 Å². The summed E-state index contributed by atoms with van der Waals surface area (Å²) in [5, 5.41) is 2.97. The second-order valence-electron chi connectivity index (χ2n) is 8.13. The normalized spacial score (nSPS) is 21.7. The Labute approximate surface area is 155 Å². The number of carbonyl (C=O) groups is 2. The van der Waals surface area contributed by atoms with E-state index in [0.717, 1.165) is 38.9 Å². The van der Waals surface area contributed by atoms with Crippen LogP contribution in [0.3, 0.4) is 0 Å². The van der Waals surface area contributed by atoms with E-state index in [9.17, 15) is 9.59 Å². The number of carbonyl (C=O) groups excluding carboxylic acids is 2. The van der Waals surface area contributed by atoms with Crippen molar-refractivity contribution in [2.45, 2.75) is 52.1 Å². The van der Waals surface area contributed by atoms with Gasteiger partial charge in [-0.15, -0.1) is 11.6 Å². The number of hydrogen-bond acceptors (Lipinski definition) is 4. The maximum Gasteiger partial charge on any atom is 0.410 e. The zero-order chi connectivity index (χ0) is 18.5. The molecule has 0 bridgehead atoms. The van der Waals surface area contributed by atoms with Crippen LogP contribution in [0.25, 0.3) is 0 Å². The maximum absolute atomic E-state index is 12.2. The van der Waals surface area contributed by atoms with Crippen molar-refractivity contribution in [3.63, 3.8) is 0 Å². The summed E-state index contributed by atoms with van der Waals surface area (Å²) < 4.78 is 11.0. The lowest BCUT2D eigenvalue weighted by molar-refractivity contribution is -0.120. The van der Waals surface area contributed by atoms with E-state index in [0.29, 0.717) is 25.6 Å². The minimum Gasteiger partial charge on any atom is -0.444 e. The van der Waals surface area contributed by atoms with Crippen LogP contribution in [0, 0.1) is 11.3 Å². The Morgan fingerprint density at radius 1 is 1.24 bits per heavy atom. The molecule has 0 radical (unpaired) electrons. The number of likely N-dealkylation sites (tertiary alicyclic amines) is 1. The van der Waals surface area contributed by atoms with E-state index in [1.54, 1.807) is 4.90 Å². The van der Waals surface area contributed by atoms with Gasteiger partial charge in [0.2, 0.25) is 5.91 Å². The minimum atomic E-state index is -0.471. The van der Waals surface area contributed by atoms with Gasteiger partial charge in [0, 0.05) is 32.8 Å². The molecule has 0 aromatic carbocycles. The van der Waals surface area contributed by atoms with Crippen molar-refractivity contribution in [3.8, 4) is 0 Å². The summed E-state index contributed by atoms with van der Waals surface area (Å²) in [7, 11) is 0. The molecule has 7 heteroatoms. The standard InChI is InChI=1S/C18H31ClN2O4/c1-17(2,3)25-16(23)21-8-4-14(5-9-21)18(6-10-24-11-7-18)13-20-15(22)12-19/h14H,4-13H2,1-3H3,(H,20,22). The monoisotopic (exact) mass is 374 g/mol. The van der Waals surface area contributed by atoms with Gasteiger partial charge in [0.15, 0.2) is 0 Å². The zero-order valence-electron chi connectivity index (χ0n) is 15.6. The molecule has 0 aliphatic carbocycles. The van der Waals surface area contributed by atoms with Gasteiger partial charge in [-0.1, -0.05) is 0 Å². The van der Waals surface area contributed by atoms with Crippen LogP contribution in [0.4, 0.5) is 4.79 Å². The van der Waals surface area contributed by atoms with Crippen LogP contribution in [-0.2, 0) is 14.3 Å². The topological polar surface area (TPSA) is 67.9 Å². The number of hydrogen-bond donors (Lipinski definition) is 1. The van der Waals surface area contributed by atoms with Gasteiger partial charge in [0.1, 0.15) is 11.5 Å². The molecule has 2 heterocycles. The molecular weight excluding hydrogens is 344 g/mol. The summed E-state index contributed by atoms with van der Waals surface area (Å²) in [6.45, 7) is 9.14. The van der Waals surface area contributed by atoms with Crippen molar-refractivity contribution >= 4 is 23.6 Å². The highest BCUT2D eigenvalue weighted by molar-refractivity contribution is 6.27. The quantitative estimate of drug-likeness (QED) is 0.768. The van der Waals surface area contributed by atoms with Crippen molar-refractivity contribution in [1.82, 2.24) is 10.2 Å². The van der Waals surface area contributed by atoms with Crippen molar-refractivity contribution in [1.29, 1.82) is 0 Å². The number of rotatable bonds is 4. The number of alkyl halides is 1. The van der Waals surface area contributed by atoms with Crippen LogP contribution >= 0.6 is 11.6 Å². The van der Waals surface area contributed by atoms with Gasteiger partial charge in [0.05, 0.1) is 0 Å². The van der Waals surface area contributed by atoms with Crippen LogP contribution in [0.5, 0.6) is 0 Å². The number of piperidine rings is 1. The second kappa shape index (κ2) is 8.58. The summed E-state index contributed by atoms with van der Waals surface area (Å²) in [6.07, 6.45) is 3.49. The van der Waals surface area contributed by atoms with Crippen molar-refractivity contribution in [2.75, 3.05) is 38.7 Å². The van der Waals surface area contributed by atoms with Crippen LogP contribution in [0.2, 0.25) is 0 Å². The van der Waals surface area contributed by atoms with Crippen molar-refractivity contribution < 1.29 is 19.1 Å². The lowest BCUT2D eigenvalue weighted by Gasteiger charge is -2.47. The van der Waals surface area contributed by atoms with Crippen LogP contribution < -0.4 is 5.32 Å². The molecule has 2 amide bonds. The predicted octanol–water partition coefficient (Wildman–Crippen LogP) is 2.79.